The second-order valence-electron chi connectivity index (χ2n) is 6.90. The lowest BCUT2D eigenvalue weighted by atomic mass is 10.2. The number of nitrogens with one attached hydrogen (secondary N) is 2. The first-order valence-corrected chi connectivity index (χ1v) is 11.5. The van der Waals surface area contributed by atoms with Crippen LogP contribution in [0.2, 0.25) is 5.02 Å². The van der Waals surface area contributed by atoms with Gasteiger partial charge in [0.15, 0.2) is 6.10 Å². The molecule has 13 heteroatoms. The van der Waals surface area contributed by atoms with Gasteiger partial charge in [-0.15, -0.1) is 0 Å². The Morgan fingerprint density at radius 3 is 2.50 bits per heavy atom. The maximum Gasteiger partial charge on any atom is 0.338 e. The van der Waals surface area contributed by atoms with Crippen molar-refractivity contribution in [1.82, 2.24) is 5.32 Å². The van der Waals surface area contributed by atoms with Crippen molar-refractivity contribution in [1.29, 1.82) is 0 Å². The summed E-state index contributed by atoms with van der Waals surface area (Å²) >= 11 is 5.90. The van der Waals surface area contributed by atoms with Gasteiger partial charge in [-0.2, -0.15) is 0 Å². The molecule has 0 saturated carbocycles. The molecule has 0 bridgehead atoms. The van der Waals surface area contributed by atoms with E-state index in [9.17, 15) is 28.1 Å². The van der Waals surface area contributed by atoms with Gasteiger partial charge < -0.3 is 14.5 Å². The molecule has 34 heavy (non-hydrogen) atoms. The topological polar surface area (TPSA) is 158 Å². The Morgan fingerprint density at radius 2 is 1.88 bits per heavy atom. The van der Waals surface area contributed by atoms with Crippen molar-refractivity contribution in [3.63, 3.8) is 0 Å². The first kappa shape index (κ1) is 24.7. The highest BCUT2D eigenvalue weighted by atomic mass is 35.5. The van der Waals surface area contributed by atoms with Crippen molar-refractivity contribution in [3.05, 3.63) is 87.3 Å². The van der Waals surface area contributed by atoms with Gasteiger partial charge in [0, 0.05) is 17.8 Å². The fourth-order valence-corrected chi connectivity index (χ4v) is 4.29. The normalized spacial score (nSPS) is 11.9. The molecular weight excluding hydrogens is 490 g/mol. The minimum absolute atomic E-state index is 0.0713. The summed E-state index contributed by atoms with van der Waals surface area (Å²) in [6, 6.07) is 11.6. The second-order valence-corrected chi connectivity index (χ2v) is 8.96. The van der Waals surface area contributed by atoms with Crippen molar-refractivity contribution in [3.8, 4) is 0 Å². The standard InChI is InChI=1S/C21H18ClN3O8S/c1-13(20(26)23-12-17-3-2-10-32-17)33-21(27)14-4-6-15(7-5-14)24-34(30,31)19-11-16(25(28)29)8-9-18(19)22/h2-11,13,24H,12H2,1H3,(H,23,26)/t13-/m0/s1. The zero-order valence-electron chi connectivity index (χ0n) is 17.6. The zero-order valence-corrected chi connectivity index (χ0v) is 19.1. The number of halogens is 1. The van der Waals surface area contributed by atoms with Crippen molar-refractivity contribution in [2.45, 2.75) is 24.5 Å². The number of carbonyl (C=O) groups is 2. The van der Waals surface area contributed by atoms with Crippen LogP contribution >= 0.6 is 11.6 Å². The number of non-ortho nitro benzene ring substituents is 1. The number of rotatable bonds is 9. The van der Waals surface area contributed by atoms with E-state index in [2.05, 4.69) is 10.0 Å². The number of amides is 1. The molecule has 0 unspecified atom stereocenters. The largest absolute Gasteiger partial charge is 0.467 e. The number of nitro groups is 1. The van der Waals surface area contributed by atoms with Crippen LogP contribution in [0.3, 0.4) is 0 Å². The van der Waals surface area contributed by atoms with Crippen molar-refractivity contribution >= 4 is 44.9 Å². The summed E-state index contributed by atoms with van der Waals surface area (Å²) in [5, 5.41) is 13.3. The van der Waals surface area contributed by atoms with Gasteiger partial charge in [0.2, 0.25) is 0 Å². The lowest BCUT2D eigenvalue weighted by Crippen LogP contribution is -2.35. The third-order valence-electron chi connectivity index (χ3n) is 4.46. The molecule has 0 aliphatic heterocycles. The molecule has 178 valence electrons. The van der Waals surface area contributed by atoms with Gasteiger partial charge in [-0.25, -0.2) is 13.2 Å². The number of hydrogen-bond donors (Lipinski definition) is 2. The van der Waals surface area contributed by atoms with E-state index in [1.165, 1.54) is 37.5 Å². The Labute approximate surface area is 198 Å². The van der Waals surface area contributed by atoms with Gasteiger partial charge in [-0.05, 0) is 49.4 Å². The molecule has 2 aromatic carbocycles. The summed E-state index contributed by atoms with van der Waals surface area (Å²) < 4.78 is 37.7. The summed E-state index contributed by atoms with van der Waals surface area (Å²) in [7, 11) is -4.25. The third-order valence-corrected chi connectivity index (χ3v) is 6.32. The summed E-state index contributed by atoms with van der Waals surface area (Å²) in [6.07, 6.45) is 0.379. The SMILES string of the molecule is C[C@H](OC(=O)c1ccc(NS(=O)(=O)c2cc([N+](=O)[O-])ccc2Cl)cc1)C(=O)NCc1ccco1. The van der Waals surface area contributed by atoms with Gasteiger partial charge >= 0.3 is 5.97 Å². The van der Waals surface area contributed by atoms with Crippen LogP contribution in [0, 0.1) is 10.1 Å². The van der Waals surface area contributed by atoms with Crippen LogP contribution in [-0.4, -0.2) is 31.3 Å². The minimum Gasteiger partial charge on any atom is -0.467 e. The molecule has 1 amide bonds. The maximum absolute atomic E-state index is 12.6. The van der Waals surface area contributed by atoms with Gasteiger partial charge in [-0.3, -0.25) is 19.6 Å². The summed E-state index contributed by atoms with van der Waals surface area (Å²) in [5.41, 5.74) is -0.296. The minimum atomic E-state index is -4.25. The van der Waals surface area contributed by atoms with E-state index in [0.29, 0.717) is 5.76 Å². The number of anilines is 1. The molecule has 0 fully saturated rings. The number of furan rings is 1. The molecule has 1 aromatic heterocycles. The Bertz CT molecular complexity index is 1310. The molecule has 0 aliphatic carbocycles. The van der Waals surface area contributed by atoms with E-state index in [1.54, 1.807) is 12.1 Å². The van der Waals surface area contributed by atoms with Crippen LogP contribution in [0.25, 0.3) is 0 Å². The molecule has 2 N–H and O–H groups in total. The Hall–Kier alpha value is -3.90. The second kappa shape index (κ2) is 10.4. The summed E-state index contributed by atoms with van der Waals surface area (Å²) in [6.45, 7) is 1.54. The van der Waals surface area contributed by atoms with Crippen molar-refractivity contribution < 1.29 is 32.1 Å². The molecule has 0 aliphatic rings. The van der Waals surface area contributed by atoms with Gasteiger partial charge in [-0.1, -0.05) is 11.6 Å². The highest BCUT2D eigenvalue weighted by molar-refractivity contribution is 7.92. The highest BCUT2D eigenvalue weighted by Crippen LogP contribution is 2.28. The van der Waals surface area contributed by atoms with Gasteiger partial charge in [0.1, 0.15) is 10.7 Å². The summed E-state index contributed by atoms with van der Waals surface area (Å²) in [4.78, 5) is 34.1. The Morgan fingerprint density at radius 1 is 1.18 bits per heavy atom. The highest BCUT2D eigenvalue weighted by Gasteiger charge is 2.23. The Balaban J connectivity index is 1.63. The average molecular weight is 508 g/mol. The monoisotopic (exact) mass is 507 g/mol. The van der Waals surface area contributed by atoms with Crippen LogP contribution in [0.5, 0.6) is 0 Å². The third kappa shape index (κ3) is 6.11. The molecule has 3 rings (SSSR count). The maximum atomic E-state index is 12.6. The molecule has 11 nitrogen and oxygen atoms in total. The molecule has 1 heterocycles. The van der Waals surface area contributed by atoms with Crippen LogP contribution < -0.4 is 10.0 Å². The predicted octanol–water partition coefficient (Wildman–Crippen LogP) is 3.50. The number of nitro benzene ring substituents is 1. The fraction of sp³-hybridized carbons (Fsp3) is 0.143. The van der Waals surface area contributed by atoms with Crippen LogP contribution in [0.1, 0.15) is 23.0 Å². The van der Waals surface area contributed by atoms with Gasteiger partial charge in [0.05, 0.1) is 28.3 Å². The lowest BCUT2D eigenvalue weighted by Gasteiger charge is -2.13. The van der Waals surface area contributed by atoms with Crippen LogP contribution in [0.4, 0.5) is 11.4 Å². The van der Waals surface area contributed by atoms with Gasteiger partial charge in [0.25, 0.3) is 21.6 Å². The van der Waals surface area contributed by atoms with E-state index in [4.69, 9.17) is 20.8 Å². The first-order valence-electron chi connectivity index (χ1n) is 9.65. The predicted molar refractivity (Wildman–Crippen MR) is 121 cm³/mol. The number of esters is 1. The van der Waals surface area contributed by atoms with E-state index in [0.717, 1.165) is 18.2 Å². The molecule has 0 saturated heterocycles. The number of ether oxygens (including phenoxy) is 1. The smallest absolute Gasteiger partial charge is 0.338 e. The molecule has 0 spiro atoms. The van der Waals surface area contributed by atoms with Crippen molar-refractivity contribution in [2.24, 2.45) is 0 Å². The molecule has 0 radical (unpaired) electrons. The van der Waals surface area contributed by atoms with E-state index < -0.39 is 43.5 Å². The number of carbonyl (C=O) groups excluding carboxylic acids is 2. The van der Waals surface area contributed by atoms with Crippen LogP contribution in [0.15, 0.2) is 70.2 Å². The molecular formula is C21H18ClN3O8S. The van der Waals surface area contributed by atoms with Crippen molar-refractivity contribution in [2.75, 3.05) is 4.72 Å². The number of sulfonamides is 1. The molecule has 1 atom stereocenters. The van der Waals surface area contributed by atoms with Crippen LogP contribution in [-0.2, 0) is 26.1 Å². The number of hydrogen-bond acceptors (Lipinski definition) is 8. The quantitative estimate of drug-likeness (QED) is 0.253. The lowest BCUT2D eigenvalue weighted by molar-refractivity contribution is -0.385. The van der Waals surface area contributed by atoms with E-state index in [1.807, 2.05) is 0 Å². The number of nitrogens with zero attached hydrogens (tertiary/aromatic N) is 1. The van der Waals surface area contributed by atoms with E-state index >= 15 is 0 Å². The van der Waals surface area contributed by atoms with E-state index in [-0.39, 0.29) is 22.8 Å². The zero-order chi connectivity index (χ0) is 24.9. The molecule has 3 aromatic rings. The fourth-order valence-electron chi connectivity index (χ4n) is 2.71. The Kier molecular flexibility index (Phi) is 7.54. The summed E-state index contributed by atoms with van der Waals surface area (Å²) in [5.74, 6) is -0.781. The first-order chi connectivity index (χ1) is 16.1. The number of benzene rings is 2. The average Bonchev–Trinajstić information content (AvgIpc) is 3.31.